The van der Waals surface area contributed by atoms with Gasteiger partial charge in [0.25, 0.3) is 0 Å². The fourth-order valence-electron chi connectivity index (χ4n) is 2.66. The van der Waals surface area contributed by atoms with Gasteiger partial charge in [-0.05, 0) is 43.8 Å². The van der Waals surface area contributed by atoms with Crippen LogP contribution in [-0.2, 0) is 13.0 Å². The second-order valence-corrected chi connectivity index (χ2v) is 6.20. The van der Waals surface area contributed by atoms with Gasteiger partial charge in [-0.15, -0.1) is 24.0 Å². The van der Waals surface area contributed by atoms with E-state index in [-0.39, 0.29) is 30.0 Å². The Kier molecular flexibility index (Phi) is 10.2. The SMILES string of the molecule is CCc1ccc(C(CNC(=NC)NCc2ccccn2)N(C)C)cc1.I. The van der Waals surface area contributed by atoms with E-state index in [4.69, 9.17) is 0 Å². The summed E-state index contributed by atoms with van der Waals surface area (Å²) >= 11 is 0. The first-order chi connectivity index (χ1) is 12.1. The van der Waals surface area contributed by atoms with Crippen molar-refractivity contribution in [3.05, 3.63) is 65.5 Å². The molecule has 5 nitrogen and oxygen atoms in total. The normalized spacial score (nSPS) is 12.4. The highest BCUT2D eigenvalue weighted by Gasteiger charge is 2.14. The van der Waals surface area contributed by atoms with E-state index >= 15 is 0 Å². The van der Waals surface area contributed by atoms with Gasteiger partial charge in [0.1, 0.15) is 0 Å². The van der Waals surface area contributed by atoms with E-state index in [9.17, 15) is 0 Å². The molecule has 142 valence electrons. The van der Waals surface area contributed by atoms with Gasteiger partial charge in [0.05, 0.1) is 18.3 Å². The van der Waals surface area contributed by atoms with Gasteiger partial charge in [0.2, 0.25) is 0 Å². The summed E-state index contributed by atoms with van der Waals surface area (Å²) in [6, 6.07) is 15.0. The molecular weight excluding hydrogens is 437 g/mol. The van der Waals surface area contributed by atoms with Crippen molar-refractivity contribution in [3.8, 4) is 0 Å². The van der Waals surface area contributed by atoms with E-state index in [2.05, 4.69) is 70.8 Å². The molecule has 1 aromatic heterocycles. The summed E-state index contributed by atoms with van der Waals surface area (Å²) in [5, 5.41) is 6.73. The number of likely N-dealkylation sites (N-methyl/N-ethyl adjacent to an activating group) is 1. The molecular formula is C20H30IN5. The summed E-state index contributed by atoms with van der Waals surface area (Å²) in [4.78, 5) is 10.8. The zero-order chi connectivity index (χ0) is 18.1. The number of aromatic nitrogens is 1. The molecule has 2 aromatic rings. The second-order valence-electron chi connectivity index (χ2n) is 6.20. The minimum atomic E-state index is 0. The molecule has 1 aromatic carbocycles. The summed E-state index contributed by atoms with van der Waals surface area (Å²) < 4.78 is 0. The Hall–Kier alpha value is -1.67. The molecule has 0 aliphatic rings. The van der Waals surface area contributed by atoms with Crippen LogP contribution in [0.1, 0.15) is 29.8 Å². The minimum Gasteiger partial charge on any atom is -0.354 e. The number of rotatable bonds is 7. The van der Waals surface area contributed by atoms with Crippen molar-refractivity contribution in [2.24, 2.45) is 4.99 Å². The molecule has 0 bridgehead atoms. The van der Waals surface area contributed by atoms with E-state index < -0.39 is 0 Å². The van der Waals surface area contributed by atoms with Crippen LogP contribution in [0.5, 0.6) is 0 Å². The van der Waals surface area contributed by atoms with Gasteiger partial charge in [-0.1, -0.05) is 37.3 Å². The minimum absolute atomic E-state index is 0. The van der Waals surface area contributed by atoms with E-state index in [1.165, 1.54) is 11.1 Å². The molecule has 1 unspecified atom stereocenters. The Balaban J connectivity index is 0.00000338. The fourth-order valence-corrected chi connectivity index (χ4v) is 2.66. The number of halogens is 1. The standard InChI is InChI=1S/C20H29N5.HI/c1-5-16-9-11-17(12-10-16)19(25(3)4)15-24-20(21-2)23-14-18-8-6-7-13-22-18;/h6-13,19H,5,14-15H2,1-4H3,(H2,21,23,24);1H. The molecule has 0 saturated carbocycles. The molecule has 0 saturated heterocycles. The Morgan fingerprint density at radius 3 is 2.38 bits per heavy atom. The Bertz CT molecular complexity index is 656. The highest BCUT2D eigenvalue weighted by atomic mass is 127. The van der Waals surface area contributed by atoms with Crippen LogP contribution in [0.3, 0.4) is 0 Å². The monoisotopic (exact) mass is 467 g/mol. The second kappa shape index (κ2) is 11.9. The number of benzene rings is 1. The summed E-state index contributed by atoms with van der Waals surface area (Å²) in [6.07, 6.45) is 2.87. The predicted molar refractivity (Wildman–Crippen MR) is 120 cm³/mol. The lowest BCUT2D eigenvalue weighted by atomic mass is 10.0. The summed E-state index contributed by atoms with van der Waals surface area (Å²) in [5.74, 6) is 0.780. The zero-order valence-electron chi connectivity index (χ0n) is 16.1. The third-order valence-electron chi connectivity index (χ3n) is 4.25. The largest absolute Gasteiger partial charge is 0.354 e. The van der Waals surface area contributed by atoms with Crippen molar-refractivity contribution >= 4 is 29.9 Å². The number of pyridine rings is 1. The smallest absolute Gasteiger partial charge is 0.191 e. The number of hydrogen-bond donors (Lipinski definition) is 2. The summed E-state index contributed by atoms with van der Waals surface area (Å²) in [6.45, 7) is 3.61. The van der Waals surface area contributed by atoms with E-state index in [1.54, 1.807) is 13.2 Å². The molecule has 0 spiro atoms. The van der Waals surface area contributed by atoms with Crippen LogP contribution < -0.4 is 10.6 Å². The fraction of sp³-hybridized carbons (Fsp3) is 0.400. The lowest BCUT2D eigenvalue weighted by Gasteiger charge is -2.26. The first kappa shape index (κ1) is 22.4. The van der Waals surface area contributed by atoms with Gasteiger partial charge in [-0.25, -0.2) is 0 Å². The molecule has 2 N–H and O–H groups in total. The van der Waals surface area contributed by atoms with Crippen LogP contribution >= 0.6 is 24.0 Å². The Morgan fingerprint density at radius 1 is 1.12 bits per heavy atom. The van der Waals surface area contributed by atoms with E-state index in [0.29, 0.717) is 6.54 Å². The lowest BCUT2D eigenvalue weighted by Crippen LogP contribution is -2.41. The highest BCUT2D eigenvalue weighted by molar-refractivity contribution is 14.0. The third-order valence-corrected chi connectivity index (χ3v) is 4.25. The predicted octanol–water partition coefficient (Wildman–Crippen LogP) is 3.23. The number of nitrogens with one attached hydrogen (secondary N) is 2. The van der Waals surface area contributed by atoms with Gasteiger partial charge in [-0.3, -0.25) is 9.98 Å². The van der Waals surface area contributed by atoms with Gasteiger partial charge in [-0.2, -0.15) is 0 Å². The molecule has 0 aliphatic heterocycles. The van der Waals surface area contributed by atoms with Gasteiger partial charge in [0, 0.05) is 19.8 Å². The highest BCUT2D eigenvalue weighted by Crippen LogP contribution is 2.18. The van der Waals surface area contributed by atoms with E-state index in [1.807, 2.05) is 18.2 Å². The van der Waals surface area contributed by atoms with Crippen molar-refractivity contribution in [2.75, 3.05) is 27.7 Å². The van der Waals surface area contributed by atoms with Crippen molar-refractivity contribution in [3.63, 3.8) is 0 Å². The van der Waals surface area contributed by atoms with Gasteiger partial charge in [0.15, 0.2) is 5.96 Å². The average Bonchev–Trinajstić information content (AvgIpc) is 2.65. The summed E-state index contributed by atoms with van der Waals surface area (Å²) in [7, 11) is 5.99. The molecule has 1 heterocycles. The molecule has 6 heteroatoms. The molecule has 0 amide bonds. The molecule has 26 heavy (non-hydrogen) atoms. The third kappa shape index (κ3) is 6.92. The lowest BCUT2D eigenvalue weighted by molar-refractivity contribution is 0.298. The molecule has 0 aliphatic carbocycles. The van der Waals surface area contributed by atoms with Crippen LogP contribution in [0.25, 0.3) is 0 Å². The van der Waals surface area contributed by atoms with Crippen LogP contribution in [0.15, 0.2) is 53.7 Å². The van der Waals surface area contributed by atoms with Gasteiger partial charge < -0.3 is 15.5 Å². The Morgan fingerprint density at radius 2 is 1.85 bits per heavy atom. The average molecular weight is 467 g/mol. The number of nitrogens with zero attached hydrogens (tertiary/aromatic N) is 3. The first-order valence-electron chi connectivity index (χ1n) is 8.73. The summed E-state index contributed by atoms with van der Waals surface area (Å²) in [5.41, 5.74) is 3.65. The van der Waals surface area contributed by atoms with E-state index in [0.717, 1.165) is 24.6 Å². The van der Waals surface area contributed by atoms with Crippen molar-refractivity contribution in [1.82, 2.24) is 20.5 Å². The Labute approximate surface area is 174 Å². The number of aliphatic imine (C=N–C) groups is 1. The molecule has 0 fully saturated rings. The van der Waals surface area contributed by atoms with Crippen molar-refractivity contribution in [2.45, 2.75) is 25.9 Å². The topological polar surface area (TPSA) is 52.6 Å². The number of guanidine groups is 1. The zero-order valence-corrected chi connectivity index (χ0v) is 18.4. The number of aryl methyl sites for hydroxylation is 1. The van der Waals surface area contributed by atoms with Crippen LogP contribution in [-0.4, -0.2) is 43.5 Å². The first-order valence-corrected chi connectivity index (χ1v) is 8.73. The molecule has 0 radical (unpaired) electrons. The van der Waals surface area contributed by atoms with Crippen molar-refractivity contribution < 1.29 is 0 Å². The maximum absolute atomic E-state index is 4.32. The molecule has 2 rings (SSSR count). The maximum atomic E-state index is 4.32. The maximum Gasteiger partial charge on any atom is 0.191 e. The molecule has 1 atom stereocenters. The quantitative estimate of drug-likeness (QED) is 0.373. The van der Waals surface area contributed by atoms with Crippen LogP contribution in [0.2, 0.25) is 0 Å². The van der Waals surface area contributed by atoms with Gasteiger partial charge >= 0.3 is 0 Å². The van der Waals surface area contributed by atoms with Crippen molar-refractivity contribution in [1.29, 1.82) is 0 Å². The van der Waals surface area contributed by atoms with Crippen LogP contribution in [0, 0.1) is 0 Å². The van der Waals surface area contributed by atoms with Crippen LogP contribution in [0.4, 0.5) is 0 Å². The number of hydrogen-bond acceptors (Lipinski definition) is 3.